The van der Waals surface area contributed by atoms with Gasteiger partial charge in [-0.25, -0.2) is 25.3 Å². The van der Waals surface area contributed by atoms with E-state index in [1.807, 2.05) is 0 Å². The SMILES string of the molecule is O=S(=O)([N-]S(=O)(=O)C(F)(F)S(=O)(=O)C1CCCCC1)C(F)(F)F. The molecule has 0 radical (unpaired) electrons. The van der Waals surface area contributed by atoms with E-state index in [2.05, 4.69) is 0 Å². The van der Waals surface area contributed by atoms with Gasteiger partial charge in [0, 0.05) is 0 Å². The number of alkyl halides is 5. The fourth-order valence-corrected chi connectivity index (χ4v) is 6.85. The van der Waals surface area contributed by atoms with Crippen molar-refractivity contribution in [1.29, 1.82) is 0 Å². The molecule has 1 fully saturated rings. The molecule has 1 aliphatic rings. The van der Waals surface area contributed by atoms with E-state index in [0.717, 1.165) is 4.13 Å². The van der Waals surface area contributed by atoms with Gasteiger partial charge in [-0.15, -0.1) is 0 Å². The summed E-state index contributed by atoms with van der Waals surface area (Å²) in [6.07, 6.45) is 0.326. The molecule has 0 aliphatic heterocycles. The van der Waals surface area contributed by atoms with Crippen LogP contribution in [0.4, 0.5) is 22.0 Å². The van der Waals surface area contributed by atoms with Crippen molar-refractivity contribution in [2.75, 3.05) is 0 Å². The minimum Gasteiger partial charge on any atom is -0.422 e. The molecule has 0 N–H and O–H groups in total. The quantitative estimate of drug-likeness (QED) is 0.641. The van der Waals surface area contributed by atoms with Crippen molar-refractivity contribution in [3.05, 3.63) is 4.13 Å². The Labute approximate surface area is 129 Å². The third kappa shape index (κ3) is 3.76. The number of hydrogen-bond acceptors (Lipinski definition) is 6. The summed E-state index contributed by atoms with van der Waals surface area (Å²) in [5, 5.41) is -1.80. The molecule has 0 bridgehead atoms. The predicted octanol–water partition coefficient (Wildman–Crippen LogP) is 1.84. The predicted molar refractivity (Wildman–Crippen MR) is 68.0 cm³/mol. The first-order valence-electron chi connectivity index (χ1n) is 5.97. The van der Waals surface area contributed by atoms with Crippen molar-refractivity contribution in [2.24, 2.45) is 0 Å². The van der Waals surface area contributed by atoms with Crippen LogP contribution in [0.3, 0.4) is 0 Å². The molecule has 0 aromatic carbocycles. The number of hydrogen-bond donors (Lipinski definition) is 0. The number of sulfonamides is 2. The Morgan fingerprint density at radius 2 is 1.17 bits per heavy atom. The zero-order chi connectivity index (χ0) is 18.3. The number of nitrogens with zero attached hydrogens (tertiary/aromatic N) is 1. The lowest BCUT2D eigenvalue weighted by molar-refractivity contribution is -0.0425. The third-order valence-electron chi connectivity index (χ3n) is 3.11. The second-order valence-corrected chi connectivity index (χ2v) is 10.7. The zero-order valence-electron chi connectivity index (χ0n) is 11.1. The lowest BCUT2D eigenvalue weighted by atomic mass is 10.0. The van der Waals surface area contributed by atoms with Crippen LogP contribution >= 0.6 is 0 Å². The van der Waals surface area contributed by atoms with Crippen molar-refractivity contribution < 1.29 is 47.2 Å². The molecule has 23 heavy (non-hydrogen) atoms. The summed E-state index contributed by atoms with van der Waals surface area (Å²) in [6, 6.07) is 0. The first kappa shape index (κ1) is 20.5. The van der Waals surface area contributed by atoms with Crippen LogP contribution < -0.4 is 0 Å². The number of rotatable bonds is 5. The van der Waals surface area contributed by atoms with E-state index >= 15 is 0 Å². The van der Waals surface area contributed by atoms with E-state index in [1.54, 1.807) is 0 Å². The molecule has 0 aromatic rings. The molecule has 0 aromatic heterocycles. The van der Waals surface area contributed by atoms with Gasteiger partial charge in [0.1, 0.15) is 0 Å². The van der Waals surface area contributed by atoms with Gasteiger partial charge in [-0.1, -0.05) is 19.3 Å². The Kier molecular flexibility index (Phi) is 5.41. The zero-order valence-corrected chi connectivity index (χ0v) is 13.6. The van der Waals surface area contributed by atoms with Crippen LogP contribution in [-0.4, -0.2) is 40.6 Å². The highest BCUT2D eigenvalue weighted by Crippen LogP contribution is 2.42. The minimum absolute atomic E-state index is 0.206. The number of sulfone groups is 1. The Hall–Kier alpha value is -0.540. The highest BCUT2D eigenvalue weighted by atomic mass is 32.3. The van der Waals surface area contributed by atoms with Crippen molar-refractivity contribution in [2.45, 2.75) is 47.4 Å². The highest BCUT2D eigenvalue weighted by molar-refractivity contribution is 8.19. The summed E-state index contributed by atoms with van der Waals surface area (Å²) in [4.78, 5) is 0. The normalized spacial score (nSPS) is 19.7. The first-order valence-corrected chi connectivity index (χ1v) is 10.4. The second-order valence-electron chi connectivity index (χ2n) is 4.74. The molecule has 0 saturated heterocycles. The van der Waals surface area contributed by atoms with Crippen LogP contribution in [0.1, 0.15) is 32.1 Å². The third-order valence-corrected chi connectivity index (χ3v) is 9.21. The van der Waals surface area contributed by atoms with Crippen molar-refractivity contribution >= 4 is 29.9 Å². The molecule has 0 amide bonds. The summed E-state index contributed by atoms with van der Waals surface area (Å²) in [5.74, 6) is 0. The monoisotopic (exact) mass is 408 g/mol. The molecule has 1 rings (SSSR count). The summed E-state index contributed by atoms with van der Waals surface area (Å²) in [7, 11) is -19.4. The molecule has 0 atom stereocenters. The van der Waals surface area contributed by atoms with Gasteiger partial charge in [0.05, 0.1) is 5.25 Å². The molecule has 1 aliphatic carbocycles. The summed E-state index contributed by atoms with van der Waals surface area (Å²) < 4.78 is 126. The van der Waals surface area contributed by atoms with Crippen molar-refractivity contribution in [1.82, 2.24) is 0 Å². The Bertz CT molecular complexity index is 749. The van der Waals surface area contributed by atoms with E-state index in [-0.39, 0.29) is 25.7 Å². The average Bonchev–Trinajstić information content (AvgIpc) is 2.36. The maximum atomic E-state index is 13.8. The lowest BCUT2D eigenvalue weighted by Gasteiger charge is -2.31. The average molecular weight is 408 g/mol. The lowest BCUT2D eigenvalue weighted by Crippen LogP contribution is -2.45. The summed E-state index contributed by atoms with van der Waals surface area (Å²) in [6.45, 7) is 0. The molecule has 0 heterocycles. The van der Waals surface area contributed by atoms with Crippen LogP contribution in [-0.2, 0) is 29.9 Å². The fourth-order valence-electron chi connectivity index (χ4n) is 1.93. The molecular weight excluding hydrogens is 397 g/mol. The highest BCUT2D eigenvalue weighted by Gasteiger charge is 2.58. The van der Waals surface area contributed by atoms with Gasteiger partial charge in [0.15, 0.2) is 20.0 Å². The Balaban J connectivity index is 3.25. The topological polar surface area (TPSA) is 117 Å². The molecule has 0 unspecified atom stereocenters. The van der Waals surface area contributed by atoms with Gasteiger partial charge in [0.25, 0.3) is 0 Å². The standard InChI is InChI=1S/C8H11F5NO6S3/c9-7(10,11)22(17,18)14-23(19,20)8(12,13)21(15,16)6-4-2-1-3-5-6/h6H,1-5H2/q-1. The maximum absolute atomic E-state index is 13.8. The van der Waals surface area contributed by atoms with Crippen LogP contribution in [0.5, 0.6) is 0 Å². The van der Waals surface area contributed by atoms with Gasteiger partial charge in [-0.2, -0.15) is 22.0 Å². The van der Waals surface area contributed by atoms with Crippen LogP contribution in [0.2, 0.25) is 0 Å². The Morgan fingerprint density at radius 3 is 1.57 bits per heavy atom. The Morgan fingerprint density at radius 1 is 0.739 bits per heavy atom. The van der Waals surface area contributed by atoms with E-state index in [0.29, 0.717) is 6.42 Å². The molecule has 138 valence electrons. The van der Waals surface area contributed by atoms with E-state index in [4.69, 9.17) is 0 Å². The molecule has 1 saturated carbocycles. The fraction of sp³-hybridized carbons (Fsp3) is 1.00. The van der Waals surface area contributed by atoms with Gasteiger partial charge >= 0.3 is 10.1 Å². The molecule has 15 heteroatoms. The maximum Gasteiger partial charge on any atom is 0.480 e. The van der Waals surface area contributed by atoms with Crippen molar-refractivity contribution in [3.63, 3.8) is 0 Å². The largest absolute Gasteiger partial charge is 0.480 e. The summed E-state index contributed by atoms with van der Waals surface area (Å²) >= 11 is 0. The summed E-state index contributed by atoms with van der Waals surface area (Å²) in [5.41, 5.74) is -6.26. The van der Waals surface area contributed by atoms with Crippen LogP contribution in [0.15, 0.2) is 0 Å². The van der Waals surface area contributed by atoms with Crippen molar-refractivity contribution in [3.8, 4) is 0 Å². The smallest absolute Gasteiger partial charge is 0.422 e. The number of halogens is 5. The van der Waals surface area contributed by atoms with Gasteiger partial charge in [0.2, 0.25) is 9.84 Å². The van der Waals surface area contributed by atoms with Gasteiger partial charge < -0.3 is 4.13 Å². The first-order chi connectivity index (χ1) is 10.1. The van der Waals surface area contributed by atoms with Crippen LogP contribution in [0, 0.1) is 0 Å². The van der Waals surface area contributed by atoms with E-state index in [1.165, 1.54) is 0 Å². The van der Waals surface area contributed by atoms with E-state index in [9.17, 15) is 47.2 Å². The molecular formula is C8H11F5NO6S3-. The van der Waals surface area contributed by atoms with Gasteiger partial charge in [-0.05, 0) is 12.8 Å². The second kappa shape index (κ2) is 6.07. The van der Waals surface area contributed by atoms with E-state index < -0.39 is 45.2 Å². The minimum atomic E-state index is -6.84. The molecule has 7 nitrogen and oxygen atoms in total. The van der Waals surface area contributed by atoms with Gasteiger partial charge in [-0.3, -0.25) is 0 Å². The molecule has 0 spiro atoms. The van der Waals surface area contributed by atoms with Crippen LogP contribution in [0.25, 0.3) is 4.13 Å².